The number of amides is 1. The van der Waals surface area contributed by atoms with Gasteiger partial charge in [0.05, 0.1) is 17.8 Å². The first kappa shape index (κ1) is 25.6. The van der Waals surface area contributed by atoms with Gasteiger partial charge in [0.2, 0.25) is 5.91 Å². The van der Waals surface area contributed by atoms with Crippen LogP contribution < -0.4 is 15.5 Å². The van der Waals surface area contributed by atoms with Gasteiger partial charge in [-0.05, 0) is 98.2 Å². The summed E-state index contributed by atoms with van der Waals surface area (Å²) in [6, 6.07) is 18.2. The van der Waals surface area contributed by atoms with Gasteiger partial charge in [-0.15, -0.1) is 0 Å². The van der Waals surface area contributed by atoms with Crippen LogP contribution in [0.2, 0.25) is 0 Å². The van der Waals surface area contributed by atoms with E-state index in [1.54, 1.807) is 0 Å². The second-order valence-electron chi connectivity index (χ2n) is 9.67. The molecule has 2 N–H and O–H groups in total. The molecule has 0 bridgehead atoms. The third-order valence-corrected chi connectivity index (χ3v) is 7.52. The van der Waals surface area contributed by atoms with Gasteiger partial charge >= 0.3 is 0 Å². The fourth-order valence-electron chi connectivity index (χ4n) is 5.17. The van der Waals surface area contributed by atoms with Gasteiger partial charge in [0, 0.05) is 54.3 Å². The zero-order valence-corrected chi connectivity index (χ0v) is 22.9. The van der Waals surface area contributed by atoms with Crippen molar-refractivity contribution in [1.29, 1.82) is 0 Å². The van der Waals surface area contributed by atoms with Crippen LogP contribution in [-0.2, 0) is 11.3 Å². The number of pyridine rings is 2. The molecule has 1 fully saturated rings. The lowest BCUT2D eigenvalue weighted by molar-refractivity contribution is -0.115. The number of anilines is 2. The van der Waals surface area contributed by atoms with E-state index in [1.807, 2.05) is 62.8 Å². The van der Waals surface area contributed by atoms with Crippen molar-refractivity contribution in [1.82, 2.24) is 19.9 Å². The average Bonchev–Trinajstić information content (AvgIpc) is 3.41. The van der Waals surface area contributed by atoms with E-state index in [0.29, 0.717) is 11.5 Å². The molecule has 1 amide bonds. The molecule has 7 nitrogen and oxygen atoms in total. The van der Waals surface area contributed by atoms with Crippen LogP contribution in [0.15, 0.2) is 73.2 Å². The zero-order chi connectivity index (χ0) is 26.8. The van der Waals surface area contributed by atoms with Gasteiger partial charge in [-0.1, -0.05) is 13.0 Å². The van der Waals surface area contributed by atoms with E-state index in [2.05, 4.69) is 68.2 Å². The van der Waals surface area contributed by atoms with Crippen molar-refractivity contribution in [3.05, 3.63) is 107 Å². The van der Waals surface area contributed by atoms with Crippen LogP contribution in [0.4, 0.5) is 11.4 Å². The van der Waals surface area contributed by atoms with Crippen LogP contribution in [0.3, 0.4) is 0 Å². The quantitative estimate of drug-likeness (QED) is 0.299. The minimum Gasteiger partial charge on any atom is -0.351 e. The Morgan fingerprint density at radius 2 is 1.84 bits per heavy atom. The predicted molar refractivity (Wildman–Crippen MR) is 155 cm³/mol. The number of aromatic nitrogens is 3. The van der Waals surface area contributed by atoms with Crippen molar-refractivity contribution < 1.29 is 4.79 Å². The van der Waals surface area contributed by atoms with Crippen molar-refractivity contribution in [2.75, 3.05) is 10.2 Å². The highest BCUT2D eigenvalue weighted by Gasteiger charge is 2.42. The van der Waals surface area contributed by atoms with Gasteiger partial charge in [-0.3, -0.25) is 14.8 Å². The predicted octanol–water partition coefficient (Wildman–Crippen LogP) is 5.78. The monoisotopic (exact) mass is 524 g/mol. The number of thiocarbonyl (C=S) groups is 1. The molecule has 4 aromatic rings. The van der Waals surface area contributed by atoms with Crippen LogP contribution in [0.5, 0.6) is 0 Å². The Balaban J connectivity index is 1.59. The van der Waals surface area contributed by atoms with E-state index in [0.717, 1.165) is 29.2 Å². The highest BCUT2D eigenvalue weighted by atomic mass is 32.1. The molecule has 5 rings (SSSR count). The molecule has 1 aliphatic rings. The first-order chi connectivity index (χ1) is 18.4. The summed E-state index contributed by atoms with van der Waals surface area (Å²) in [5.41, 5.74) is 8.46. The van der Waals surface area contributed by atoms with Crippen LogP contribution in [0.1, 0.15) is 59.2 Å². The summed E-state index contributed by atoms with van der Waals surface area (Å²) in [7, 11) is 0. The lowest BCUT2D eigenvalue weighted by Gasteiger charge is -2.29. The van der Waals surface area contributed by atoms with E-state index >= 15 is 0 Å². The summed E-state index contributed by atoms with van der Waals surface area (Å²) >= 11 is 5.93. The number of benzene rings is 1. The van der Waals surface area contributed by atoms with Crippen molar-refractivity contribution >= 4 is 34.6 Å². The first-order valence-corrected chi connectivity index (χ1v) is 13.2. The fraction of sp³-hybridized carbons (Fsp3) is 0.267. The van der Waals surface area contributed by atoms with Gasteiger partial charge in [0.25, 0.3) is 0 Å². The molecule has 4 heterocycles. The van der Waals surface area contributed by atoms with E-state index < -0.39 is 0 Å². The topological polar surface area (TPSA) is 75.1 Å². The standard InChI is InChI=1S/C30H32N6OS/c1-5-27(37)33-25-10-9-23(16-19(25)2)36-29(28(34-30(36)38)26-8-6-7-13-32-26)24-17-20(3)35(21(24)4)18-22-11-14-31-15-12-22/h6-17,28-29H,5,18H2,1-4H3,(H,33,37)(H,34,38)/t28-,29-/m1/s1. The number of carbonyl (C=O) groups is 1. The van der Waals surface area contributed by atoms with Crippen molar-refractivity contribution in [2.24, 2.45) is 0 Å². The summed E-state index contributed by atoms with van der Waals surface area (Å²) in [5.74, 6) is -0.00561. The SMILES string of the molecule is CCC(=O)Nc1ccc(N2C(=S)N[C@H](c3ccccn3)[C@H]2c2cc(C)n(Cc3ccncc3)c2C)cc1C. The summed E-state index contributed by atoms with van der Waals surface area (Å²) < 4.78 is 2.34. The molecular formula is C30H32N6OS. The average molecular weight is 525 g/mol. The Kier molecular flexibility index (Phi) is 7.24. The van der Waals surface area contributed by atoms with Gasteiger partial charge in [-0.25, -0.2) is 0 Å². The Labute approximate surface area is 228 Å². The van der Waals surface area contributed by atoms with E-state index in [9.17, 15) is 4.79 Å². The van der Waals surface area contributed by atoms with Gasteiger partial charge < -0.3 is 20.1 Å². The van der Waals surface area contributed by atoms with Gasteiger partial charge in [-0.2, -0.15) is 0 Å². The lowest BCUT2D eigenvalue weighted by Crippen LogP contribution is -2.29. The maximum atomic E-state index is 12.0. The Morgan fingerprint density at radius 1 is 1.05 bits per heavy atom. The Morgan fingerprint density at radius 3 is 2.53 bits per heavy atom. The van der Waals surface area contributed by atoms with E-state index in [-0.39, 0.29) is 18.0 Å². The van der Waals surface area contributed by atoms with E-state index in [1.165, 1.54) is 22.5 Å². The summed E-state index contributed by atoms with van der Waals surface area (Å²) in [5, 5.41) is 7.19. The molecule has 38 heavy (non-hydrogen) atoms. The summed E-state index contributed by atoms with van der Waals surface area (Å²) in [4.78, 5) is 23.0. The molecule has 0 spiro atoms. The summed E-state index contributed by atoms with van der Waals surface area (Å²) in [6.45, 7) is 8.94. The number of carbonyl (C=O) groups excluding carboxylic acids is 1. The molecule has 1 saturated heterocycles. The number of nitrogens with zero attached hydrogens (tertiary/aromatic N) is 4. The second kappa shape index (κ2) is 10.8. The van der Waals surface area contributed by atoms with Crippen molar-refractivity contribution in [3.8, 4) is 0 Å². The van der Waals surface area contributed by atoms with E-state index in [4.69, 9.17) is 12.2 Å². The van der Waals surface area contributed by atoms with Crippen LogP contribution in [0, 0.1) is 20.8 Å². The molecule has 194 valence electrons. The molecule has 2 atom stereocenters. The lowest BCUT2D eigenvalue weighted by atomic mass is 9.96. The number of rotatable bonds is 7. The third kappa shape index (κ3) is 4.91. The largest absolute Gasteiger partial charge is 0.351 e. The normalized spacial score (nSPS) is 16.9. The fourth-order valence-corrected chi connectivity index (χ4v) is 5.51. The Hall–Kier alpha value is -4.04. The zero-order valence-electron chi connectivity index (χ0n) is 22.1. The Bertz CT molecular complexity index is 1470. The van der Waals surface area contributed by atoms with Crippen LogP contribution in [-0.4, -0.2) is 25.6 Å². The molecule has 1 aromatic carbocycles. The molecule has 8 heteroatoms. The smallest absolute Gasteiger partial charge is 0.224 e. The maximum absolute atomic E-state index is 12.0. The molecule has 0 aliphatic carbocycles. The van der Waals surface area contributed by atoms with Gasteiger partial charge in [0.1, 0.15) is 0 Å². The second-order valence-corrected chi connectivity index (χ2v) is 10.1. The highest BCUT2D eigenvalue weighted by Crippen LogP contribution is 2.44. The van der Waals surface area contributed by atoms with Crippen molar-refractivity contribution in [2.45, 2.75) is 52.7 Å². The number of nitrogens with one attached hydrogen (secondary N) is 2. The minimum atomic E-state index is -0.127. The molecule has 0 saturated carbocycles. The minimum absolute atomic E-state index is 0.00561. The molecule has 3 aromatic heterocycles. The number of hydrogen-bond donors (Lipinski definition) is 2. The molecule has 0 radical (unpaired) electrons. The van der Waals surface area contributed by atoms with Crippen molar-refractivity contribution in [3.63, 3.8) is 0 Å². The van der Waals surface area contributed by atoms with Gasteiger partial charge in [0.15, 0.2) is 5.11 Å². The third-order valence-electron chi connectivity index (χ3n) is 7.20. The summed E-state index contributed by atoms with van der Waals surface area (Å²) in [6.07, 6.45) is 5.92. The highest BCUT2D eigenvalue weighted by molar-refractivity contribution is 7.80. The molecule has 0 unspecified atom stereocenters. The number of aryl methyl sites for hydroxylation is 2. The molecule has 1 aliphatic heterocycles. The van der Waals surface area contributed by atoms with Crippen LogP contribution in [0.25, 0.3) is 0 Å². The molecular weight excluding hydrogens is 492 g/mol. The first-order valence-electron chi connectivity index (χ1n) is 12.8. The van der Waals surface area contributed by atoms with Crippen LogP contribution >= 0.6 is 12.2 Å². The number of hydrogen-bond acceptors (Lipinski definition) is 4. The maximum Gasteiger partial charge on any atom is 0.224 e.